The van der Waals surface area contributed by atoms with Gasteiger partial charge in [0.05, 0.1) is 0 Å². The molecule has 1 N–H and O–H groups in total. The van der Waals surface area contributed by atoms with Gasteiger partial charge in [-0.1, -0.05) is 53.9 Å². The van der Waals surface area contributed by atoms with Gasteiger partial charge in [-0.3, -0.25) is 0 Å². The summed E-state index contributed by atoms with van der Waals surface area (Å²) >= 11 is 5.18. The number of benzene rings is 2. The van der Waals surface area contributed by atoms with E-state index in [1.54, 1.807) is 11.8 Å². The number of hydrogen-bond acceptors (Lipinski definition) is 8. The Balaban J connectivity index is 1.47. The molecule has 0 fully saturated rings. The zero-order chi connectivity index (χ0) is 21.9. The molecule has 0 radical (unpaired) electrons. The van der Waals surface area contributed by atoms with Crippen molar-refractivity contribution in [3.63, 3.8) is 0 Å². The van der Waals surface area contributed by atoms with Crippen LogP contribution in [0, 0.1) is 0 Å². The van der Waals surface area contributed by atoms with Crippen LogP contribution < -0.4 is 19.5 Å². The van der Waals surface area contributed by atoms with Gasteiger partial charge in [0.25, 0.3) is 0 Å². The van der Waals surface area contributed by atoms with Crippen molar-refractivity contribution < 1.29 is 14.2 Å². The van der Waals surface area contributed by atoms with E-state index in [-0.39, 0.29) is 6.79 Å². The van der Waals surface area contributed by atoms with E-state index in [2.05, 4.69) is 38.4 Å². The first-order valence-electron chi connectivity index (χ1n) is 10.7. The summed E-state index contributed by atoms with van der Waals surface area (Å²) in [5.74, 6) is 2.87. The lowest BCUT2D eigenvalue weighted by atomic mass is 10.1. The van der Waals surface area contributed by atoms with Crippen LogP contribution in [0.25, 0.3) is 11.3 Å². The molecule has 0 amide bonds. The molecule has 2 aliphatic heterocycles. The average molecular weight is 515 g/mol. The molecular formula is C23H23BrN4O3S. The molecule has 0 unspecified atom stereocenters. The molecule has 2 aromatic carbocycles. The summed E-state index contributed by atoms with van der Waals surface area (Å²) in [4.78, 5) is 4.72. The highest BCUT2D eigenvalue weighted by atomic mass is 79.9. The number of anilines is 1. The molecule has 0 spiro atoms. The molecule has 0 bridgehead atoms. The van der Waals surface area contributed by atoms with Crippen molar-refractivity contribution in [2.24, 2.45) is 0 Å². The lowest BCUT2D eigenvalue weighted by molar-refractivity contribution is 0.173. The number of fused-ring (bicyclic) bond motifs is 4. The summed E-state index contributed by atoms with van der Waals surface area (Å²) in [6.07, 6.45) is 4.36. The molecule has 3 heterocycles. The number of hydrogen-bond donors (Lipinski definition) is 1. The first-order chi connectivity index (χ1) is 15.7. The van der Waals surface area contributed by atoms with Crippen LogP contribution in [0.2, 0.25) is 0 Å². The molecule has 3 aromatic rings. The minimum absolute atomic E-state index is 0.230. The zero-order valence-electron chi connectivity index (χ0n) is 17.6. The molecule has 5 rings (SSSR count). The van der Waals surface area contributed by atoms with E-state index in [0.717, 1.165) is 39.2 Å². The molecule has 32 heavy (non-hydrogen) atoms. The molecule has 166 valence electrons. The molecule has 1 aromatic heterocycles. The van der Waals surface area contributed by atoms with Gasteiger partial charge >= 0.3 is 0 Å². The van der Waals surface area contributed by atoms with Gasteiger partial charge in [-0.15, -0.1) is 10.2 Å². The van der Waals surface area contributed by atoms with Gasteiger partial charge < -0.3 is 19.5 Å². The molecular weight excluding hydrogens is 492 g/mol. The van der Waals surface area contributed by atoms with Crippen molar-refractivity contribution in [3.05, 3.63) is 46.4 Å². The molecule has 2 aliphatic rings. The number of thioether (sulfide) groups is 1. The van der Waals surface area contributed by atoms with Gasteiger partial charge in [0.15, 0.2) is 23.4 Å². The van der Waals surface area contributed by atoms with Gasteiger partial charge in [0.1, 0.15) is 0 Å². The van der Waals surface area contributed by atoms with Crippen LogP contribution in [0.1, 0.15) is 44.4 Å². The first kappa shape index (κ1) is 21.3. The van der Waals surface area contributed by atoms with Crippen LogP contribution in [0.3, 0.4) is 0 Å². The second-order valence-electron chi connectivity index (χ2n) is 7.60. The van der Waals surface area contributed by atoms with Gasteiger partial charge in [0, 0.05) is 27.0 Å². The summed E-state index contributed by atoms with van der Waals surface area (Å²) in [7, 11) is 0. The Hall–Kier alpha value is -2.52. The van der Waals surface area contributed by atoms with Gasteiger partial charge in [0.2, 0.25) is 17.8 Å². The second-order valence-corrected chi connectivity index (χ2v) is 9.58. The van der Waals surface area contributed by atoms with E-state index in [1.165, 1.54) is 19.3 Å². The fraction of sp³-hybridized carbons (Fsp3) is 0.348. The number of unbranched alkanes of at least 4 members (excludes halogenated alkanes) is 3. The lowest BCUT2D eigenvalue weighted by Crippen LogP contribution is -2.17. The normalized spacial score (nSPS) is 15.9. The lowest BCUT2D eigenvalue weighted by Gasteiger charge is -2.19. The fourth-order valence-electron chi connectivity index (χ4n) is 3.65. The fourth-order valence-corrected chi connectivity index (χ4v) is 4.79. The minimum atomic E-state index is -0.468. The third kappa shape index (κ3) is 4.49. The van der Waals surface area contributed by atoms with Crippen molar-refractivity contribution in [1.29, 1.82) is 0 Å². The third-order valence-electron chi connectivity index (χ3n) is 5.32. The van der Waals surface area contributed by atoms with Gasteiger partial charge in [-0.25, -0.2) is 0 Å². The number of nitrogens with zero attached hydrogens (tertiary/aromatic N) is 3. The smallest absolute Gasteiger partial charge is 0.247 e. The Labute approximate surface area is 199 Å². The molecule has 1 atom stereocenters. The maximum Gasteiger partial charge on any atom is 0.247 e. The van der Waals surface area contributed by atoms with Crippen LogP contribution in [-0.2, 0) is 0 Å². The molecule has 0 aliphatic carbocycles. The number of nitrogens with one attached hydrogen (secondary N) is 1. The van der Waals surface area contributed by atoms with Crippen LogP contribution in [-0.4, -0.2) is 27.7 Å². The van der Waals surface area contributed by atoms with Gasteiger partial charge in [-0.2, -0.15) is 4.98 Å². The Morgan fingerprint density at radius 2 is 1.97 bits per heavy atom. The maximum atomic E-state index is 6.36. The van der Waals surface area contributed by atoms with E-state index < -0.39 is 6.23 Å². The summed E-state index contributed by atoms with van der Waals surface area (Å²) in [6, 6.07) is 11.8. The van der Waals surface area contributed by atoms with Crippen LogP contribution >= 0.6 is 27.7 Å². The van der Waals surface area contributed by atoms with Gasteiger partial charge in [-0.05, 0) is 42.8 Å². The Bertz CT molecular complexity index is 1130. The van der Waals surface area contributed by atoms with E-state index in [9.17, 15) is 0 Å². The van der Waals surface area contributed by atoms with E-state index >= 15 is 0 Å². The number of ether oxygens (including phenoxy) is 3. The highest BCUT2D eigenvalue weighted by Gasteiger charge is 2.27. The molecule has 0 saturated heterocycles. The molecule has 9 heteroatoms. The quantitative estimate of drug-likeness (QED) is 0.294. The maximum absolute atomic E-state index is 6.36. The Kier molecular flexibility index (Phi) is 6.36. The Morgan fingerprint density at radius 1 is 1.06 bits per heavy atom. The number of halogens is 1. The van der Waals surface area contributed by atoms with Crippen LogP contribution in [0.15, 0.2) is 46.0 Å². The van der Waals surface area contributed by atoms with Crippen molar-refractivity contribution in [2.75, 3.05) is 17.9 Å². The first-order valence-corrected chi connectivity index (χ1v) is 12.5. The largest absolute Gasteiger partial charge is 0.454 e. The summed E-state index contributed by atoms with van der Waals surface area (Å²) in [5, 5.41) is 13.0. The molecule has 7 nitrogen and oxygen atoms in total. The van der Waals surface area contributed by atoms with Crippen molar-refractivity contribution >= 4 is 33.4 Å². The minimum Gasteiger partial charge on any atom is -0.454 e. The second kappa shape index (κ2) is 9.54. The van der Waals surface area contributed by atoms with Crippen molar-refractivity contribution in [1.82, 2.24) is 15.2 Å². The van der Waals surface area contributed by atoms with E-state index in [0.29, 0.717) is 22.5 Å². The third-order valence-corrected chi connectivity index (χ3v) is 6.73. The van der Waals surface area contributed by atoms with E-state index in [1.807, 2.05) is 36.4 Å². The summed E-state index contributed by atoms with van der Waals surface area (Å²) in [5.41, 5.74) is 3.30. The highest BCUT2D eigenvalue weighted by Crippen LogP contribution is 2.42. The number of rotatable bonds is 7. The Morgan fingerprint density at radius 3 is 2.88 bits per heavy atom. The monoisotopic (exact) mass is 514 g/mol. The summed E-state index contributed by atoms with van der Waals surface area (Å²) in [6.45, 7) is 2.44. The van der Waals surface area contributed by atoms with Crippen molar-refractivity contribution in [3.8, 4) is 28.6 Å². The topological polar surface area (TPSA) is 78.4 Å². The molecule has 0 saturated carbocycles. The zero-order valence-corrected chi connectivity index (χ0v) is 20.0. The standard InChI is InChI=1S/C23H23BrN4O3S/c1-2-3-4-5-10-32-23-26-22-20(27-28-23)16-12-15(24)7-8-17(16)25-21(31-22)14-6-9-18-19(11-14)30-13-29-18/h6-9,11-12,21,25H,2-5,10,13H2,1H3/t21-/m0/s1. The average Bonchev–Trinajstić information content (AvgIpc) is 3.21. The van der Waals surface area contributed by atoms with E-state index in [4.69, 9.17) is 19.2 Å². The van der Waals surface area contributed by atoms with Crippen molar-refractivity contribution in [2.45, 2.75) is 44.0 Å². The number of aromatic nitrogens is 3. The SMILES string of the molecule is CCCCCCSc1nnc2c(n1)O[C@@H](c1ccc3c(c1)OCO3)Nc1ccc(Br)cc1-2. The predicted octanol–water partition coefficient (Wildman–Crippen LogP) is 6.21. The van der Waals surface area contributed by atoms with Crippen LogP contribution in [0.5, 0.6) is 17.4 Å². The highest BCUT2D eigenvalue weighted by molar-refractivity contribution is 9.10. The summed E-state index contributed by atoms with van der Waals surface area (Å²) < 4.78 is 18.3. The van der Waals surface area contributed by atoms with Crippen LogP contribution in [0.4, 0.5) is 5.69 Å². The predicted molar refractivity (Wildman–Crippen MR) is 127 cm³/mol.